The Morgan fingerprint density at radius 2 is 2.04 bits per heavy atom. The van der Waals surface area contributed by atoms with Crippen molar-refractivity contribution in [1.29, 1.82) is 5.26 Å². The highest BCUT2D eigenvalue weighted by Gasteiger charge is 2.13. The predicted octanol–water partition coefficient (Wildman–Crippen LogP) is 4.55. The third-order valence-electron chi connectivity index (χ3n) is 3.07. The maximum Gasteiger partial charge on any atom is 0.266 e. The summed E-state index contributed by atoms with van der Waals surface area (Å²) in [7, 11) is 0. The van der Waals surface area contributed by atoms with Gasteiger partial charge in [0.25, 0.3) is 5.91 Å². The molecule has 0 aliphatic carbocycles. The molecule has 4 nitrogen and oxygen atoms in total. The zero-order valence-electron chi connectivity index (χ0n) is 12.9. The molecular weight excluding hydrogens is 359 g/mol. The zero-order chi connectivity index (χ0) is 18.2. The second kappa shape index (κ2) is 8.80. The first-order valence-corrected chi connectivity index (χ1v) is 7.84. The Labute approximate surface area is 155 Å². The van der Waals surface area contributed by atoms with Crippen molar-refractivity contribution in [2.24, 2.45) is 0 Å². The summed E-state index contributed by atoms with van der Waals surface area (Å²) in [5, 5.41) is 12.7. The van der Waals surface area contributed by atoms with Gasteiger partial charge in [0.05, 0.1) is 10.7 Å². The van der Waals surface area contributed by atoms with Gasteiger partial charge < -0.3 is 10.1 Å². The number of ether oxygens (including phenoxy) is 1. The number of hydrogen-bond donors (Lipinski definition) is 1. The van der Waals surface area contributed by atoms with Gasteiger partial charge in [0.15, 0.2) is 0 Å². The van der Waals surface area contributed by atoms with Crippen molar-refractivity contribution in [3.05, 3.63) is 63.6 Å². The Morgan fingerprint density at radius 3 is 2.72 bits per heavy atom. The van der Waals surface area contributed by atoms with E-state index in [2.05, 4.69) is 11.2 Å². The number of nitrogens with one attached hydrogen (secondary N) is 1. The van der Waals surface area contributed by atoms with Crippen LogP contribution in [0, 0.1) is 23.7 Å². The lowest BCUT2D eigenvalue weighted by Gasteiger charge is -2.09. The molecule has 0 saturated heterocycles. The molecular formula is C19H12Cl2N2O2. The average Bonchev–Trinajstić information content (AvgIpc) is 2.60. The van der Waals surface area contributed by atoms with E-state index in [1.54, 1.807) is 42.5 Å². The van der Waals surface area contributed by atoms with E-state index in [0.29, 0.717) is 27.0 Å². The monoisotopic (exact) mass is 370 g/mol. The lowest BCUT2D eigenvalue weighted by Crippen LogP contribution is -2.13. The van der Waals surface area contributed by atoms with Gasteiger partial charge in [0.1, 0.15) is 24.0 Å². The molecule has 0 atom stereocenters. The second-order valence-electron chi connectivity index (χ2n) is 4.78. The molecule has 2 rings (SSSR count). The van der Waals surface area contributed by atoms with Crippen LogP contribution in [0.4, 0.5) is 5.69 Å². The van der Waals surface area contributed by atoms with Gasteiger partial charge in [0, 0.05) is 10.6 Å². The average molecular weight is 371 g/mol. The molecule has 0 saturated carbocycles. The van der Waals surface area contributed by atoms with Gasteiger partial charge >= 0.3 is 0 Å². The van der Waals surface area contributed by atoms with Crippen LogP contribution >= 0.6 is 23.2 Å². The first-order chi connectivity index (χ1) is 12.0. The fourth-order valence-electron chi connectivity index (χ4n) is 1.94. The molecule has 1 amide bonds. The minimum atomic E-state index is -0.599. The number of terminal acetylenes is 1. The summed E-state index contributed by atoms with van der Waals surface area (Å²) in [6.45, 7) is 0.0518. The van der Waals surface area contributed by atoms with Gasteiger partial charge in [-0.1, -0.05) is 41.3 Å². The number of halogens is 2. The summed E-state index contributed by atoms with van der Waals surface area (Å²) < 4.78 is 5.40. The molecule has 0 bridgehead atoms. The van der Waals surface area contributed by atoms with Crippen LogP contribution in [0.3, 0.4) is 0 Å². The van der Waals surface area contributed by atoms with Crippen molar-refractivity contribution in [3.63, 3.8) is 0 Å². The number of amides is 1. The number of anilines is 1. The van der Waals surface area contributed by atoms with Gasteiger partial charge in [0.2, 0.25) is 0 Å². The highest BCUT2D eigenvalue weighted by molar-refractivity contribution is 6.34. The first-order valence-electron chi connectivity index (χ1n) is 7.08. The standard InChI is InChI=1S/C19H12Cl2N2O2/c1-2-9-25-18-8-7-15(20)11-13(18)10-14(12-22)19(24)23-17-6-4-3-5-16(17)21/h1,3-8,10-11H,9H2,(H,23,24)/b14-10+. The zero-order valence-corrected chi connectivity index (χ0v) is 14.4. The molecule has 0 spiro atoms. The lowest BCUT2D eigenvalue weighted by atomic mass is 10.1. The number of nitrogens with zero attached hydrogens (tertiary/aromatic N) is 1. The van der Waals surface area contributed by atoms with Crippen molar-refractivity contribution in [2.45, 2.75) is 0 Å². The maximum absolute atomic E-state index is 12.3. The number of carbonyl (C=O) groups excluding carboxylic acids is 1. The van der Waals surface area contributed by atoms with E-state index in [-0.39, 0.29) is 12.2 Å². The van der Waals surface area contributed by atoms with Crippen molar-refractivity contribution in [2.75, 3.05) is 11.9 Å². The summed E-state index contributed by atoms with van der Waals surface area (Å²) in [5.74, 6) is 2.17. The summed E-state index contributed by atoms with van der Waals surface area (Å²) in [6, 6.07) is 13.4. The van der Waals surface area contributed by atoms with Crippen LogP contribution in [0.1, 0.15) is 5.56 Å². The van der Waals surface area contributed by atoms with Gasteiger partial charge in [-0.25, -0.2) is 0 Å². The molecule has 0 heterocycles. The topological polar surface area (TPSA) is 62.1 Å². The summed E-state index contributed by atoms with van der Waals surface area (Å²) >= 11 is 12.0. The molecule has 0 aliphatic heterocycles. The Bertz CT molecular complexity index is 908. The normalized spacial score (nSPS) is 10.5. The molecule has 0 radical (unpaired) electrons. The number of rotatable bonds is 5. The Morgan fingerprint density at radius 1 is 1.28 bits per heavy atom. The third kappa shape index (κ3) is 5.02. The van der Waals surface area contributed by atoms with Crippen molar-refractivity contribution in [1.82, 2.24) is 0 Å². The predicted molar refractivity (Wildman–Crippen MR) is 99.5 cm³/mol. The molecule has 124 valence electrons. The van der Waals surface area contributed by atoms with Crippen molar-refractivity contribution in [3.8, 4) is 24.2 Å². The van der Waals surface area contributed by atoms with Gasteiger partial charge in [-0.3, -0.25) is 4.79 Å². The molecule has 2 aromatic carbocycles. The van der Waals surface area contributed by atoms with Crippen LogP contribution in [0.25, 0.3) is 6.08 Å². The van der Waals surface area contributed by atoms with Crippen molar-refractivity contribution >= 4 is 40.9 Å². The van der Waals surface area contributed by atoms with Crippen LogP contribution < -0.4 is 10.1 Å². The van der Waals surface area contributed by atoms with E-state index in [1.807, 2.05) is 6.07 Å². The van der Waals surface area contributed by atoms with E-state index in [1.165, 1.54) is 6.08 Å². The SMILES string of the molecule is C#CCOc1ccc(Cl)cc1/C=C(\C#N)C(=O)Nc1ccccc1Cl. The molecule has 0 aromatic heterocycles. The largest absolute Gasteiger partial charge is 0.480 e. The molecule has 0 aliphatic rings. The van der Waals surface area contributed by atoms with Crippen LogP contribution in [-0.2, 0) is 4.79 Å². The van der Waals surface area contributed by atoms with E-state index in [9.17, 15) is 10.1 Å². The molecule has 1 N–H and O–H groups in total. The van der Waals surface area contributed by atoms with E-state index in [4.69, 9.17) is 34.4 Å². The fraction of sp³-hybridized carbons (Fsp3) is 0.0526. The first kappa shape index (κ1) is 18.4. The third-order valence-corrected chi connectivity index (χ3v) is 3.63. The second-order valence-corrected chi connectivity index (χ2v) is 5.62. The number of para-hydroxylation sites is 1. The van der Waals surface area contributed by atoms with Gasteiger partial charge in [-0.05, 0) is 36.4 Å². The fourth-order valence-corrected chi connectivity index (χ4v) is 2.30. The number of carbonyl (C=O) groups is 1. The van der Waals surface area contributed by atoms with Crippen LogP contribution in [0.5, 0.6) is 5.75 Å². The number of hydrogen-bond acceptors (Lipinski definition) is 3. The smallest absolute Gasteiger partial charge is 0.266 e. The van der Waals surface area contributed by atoms with E-state index in [0.717, 1.165) is 0 Å². The minimum absolute atomic E-state index is 0.0518. The van der Waals surface area contributed by atoms with Crippen LogP contribution in [-0.4, -0.2) is 12.5 Å². The summed E-state index contributed by atoms with van der Waals surface area (Å²) in [5.41, 5.74) is 0.742. The van der Waals surface area contributed by atoms with Gasteiger partial charge in [-0.15, -0.1) is 6.42 Å². The Kier molecular flexibility index (Phi) is 6.48. The minimum Gasteiger partial charge on any atom is -0.480 e. The van der Waals surface area contributed by atoms with E-state index < -0.39 is 5.91 Å². The highest BCUT2D eigenvalue weighted by atomic mass is 35.5. The maximum atomic E-state index is 12.3. The molecule has 6 heteroatoms. The summed E-state index contributed by atoms with van der Waals surface area (Å²) in [6.07, 6.45) is 6.57. The van der Waals surface area contributed by atoms with E-state index >= 15 is 0 Å². The van der Waals surface area contributed by atoms with Crippen LogP contribution in [0.2, 0.25) is 10.0 Å². The molecule has 0 unspecified atom stereocenters. The number of nitriles is 1. The summed E-state index contributed by atoms with van der Waals surface area (Å²) in [4.78, 5) is 12.3. The Balaban J connectivity index is 2.32. The highest BCUT2D eigenvalue weighted by Crippen LogP contribution is 2.26. The van der Waals surface area contributed by atoms with Gasteiger partial charge in [-0.2, -0.15) is 5.26 Å². The Hall–Kier alpha value is -2.92. The molecule has 2 aromatic rings. The molecule has 0 fully saturated rings. The molecule has 25 heavy (non-hydrogen) atoms. The van der Waals surface area contributed by atoms with Crippen molar-refractivity contribution < 1.29 is 9.53 Å². The lowest BCUT2D eigenvalue weighted by molar-refractivity contribution is -0.112. The quantitative estimate of drug-likeness (QED) is 0.477. The van der Waals surface area contributed by atoms with Crippen LogP contribution in [0.15, 0.2) is 48.0 Å². The number of benzene rings is 2.